The van der Waals surface area contributed by atoms with Crippen LogP contribution in [0.15, 0.2) is 35.5 Å². The smallest absolute Gasteiger partial charge is 0.242 e. The first-order chi connectivity index (χ1) is 12.5. The number of morpholine rings is 1. The Labute approximate surface area is 152 Å². The molecule has 0 radical (unpaired) electrons. The predicted octanol–water partition coefficient (Wildman–Crippen LogP) is 0.407. The van der Waals surface area contributed by atoms with E-state index in [-0.39, 0.29) is 11.4 Å². The molecule has 0 amide bonds. The minimum Gasteiger partial charge on any atom is -0.378 e. The van der Waals surface area contributed by atoms with E-state index in [4.69, 9.17) is 4.74 Å². The lowest BCUT2D eigenvalue weighted by atomic mass is 10.4. The molecular formula is C16H22N6O3S. The molecule has 1 fully saturated rings. The maximum absolute atomic E-state index is 12.1. The first-order valence-electron chi connectivity index (χ1n) is 8.36. The van der Waals surface area contributed by atoms with Crippen LogP contribution in [-0.2, 0) is 14.8 Å². The van der Waals surface area contributed by atoms with Gasteiger partial charge < -0.3 is 15.0 Å². The second-order valence-corrected chi connectivity index (χ2v) is 7.54. The van der Waals surface area contributed by atoms with E-state index in [1.807, 2.05) is 13.0 Å². The predicted molar refractivity (Wildman–Crippen MR) is 97.7 cm³/mol. The number of hydrogen-bond acceptors (Lipinski definition) is 8. The lowest BCUT2D eigenvalue weighted by molar-refractivity contribution is 0.122. The number of hydrogen-bond donors (Lipinski definition) is 2. The van der Waals surface area contributed by atoms with Crippen molar-refractivity contribution in [1.82, 2.24) is 19.7 Å². The molecule has 3 rings (SSSR count). The highest BCUT2D eigenvalue weighted by Crippen LogP contribution is 2.17. The fourth-order valence-electron chi connectivity index (χ4n) is 2.56. The largest absolute Gasteiger partial charge is 0.378 e. The Morgan fingerprint density at radius 2 is 2.04 bits per heavy atom. The molecule has 0 bridgehead atoms. The molecule has 26 heavy (non-hydrogen) atoms. The molecule has 140 valence electrons. The van der Waals surface area contributed by atoms with Crippen LogP contribution in [0.25, 0.3) is 0 Å². The highest BCUT2D eigenvalue weighted by atomic mass is 32.2. The Bertz CT molecular complexity index is 825. The zero-order valence-corrected chi connectivity index (χ0v) is 15.4. The van der Waals surface area contributed by atoms with E-state index in [1.165, 1.54) is 18.5 Å². The zero-order chi connectivity index (χ0) is 18.4. The number of anilines is 2. The number of rotatable bonds is 7. The molecule has 10 heteroatoms. The van der Waals surface area contributed by atoms with Crippen LogP contribution < -0.4 is 14.9 Å². The molecule has 0 unspecified atom stereocenters. The van der Waals surface area contributed by atoms with Crippen LogP contribution in [-0.4, -0.2) is 62.8 Å². The van der Waals surface area contributed by atoms with Crippen LogP contribution in [0.2, 0.25) is 0 Å². The standard InChI is InChI=1S/C16H22N6O3S/c1-13-20-15(11-16(21-13)22-7-9-25-10-8-22)18-5-6-19-26(23,24)14-3-2-4-17-12-14/h2-4,11-12,19H,5-10H2,1H3,(H,18,20,21). The molecule has 0 aromatic carbocycles. The Hall–Kier alpha value is -2.30. The minimum absolute atomic E-state index is 0.146. The van der Waals surface area contributed by atoms with Gasteiger partial charge in [0.2, 0.25) is 10.0 Å². The Balaban J connectivity index is 1.55. The second-order valence-electron chi connectivity index (χ2n) is 5.77. The number of sulfonamides is 1. The third-order valence-electron chi connectivity index (χ3n) is 3.83. The summed E-state index contributed by atoms with van der Waals surface area (Å²) in [5.41, 5.74) is 0. The maximum atomic E-state index is 12.1. The van der Waals surface area contributed by atoms with E-state index in [0.717, 1.165) is 18.9 Å². The van der Waals surface area contributed by atoms with Crippen molar-refractivity contribution in [3.05, 3.63) is 36.4 Å². The normalized spacial score (nSPS) is 15.0. The quantitative estimate of drug-likeness (QED) is 0.667. The van der Waals surface area contributed by atoms with Gasteiger partial charge in [0.05, 0.1) is 13.2 Å². The van der Waals surface area contributed by atoms with E-state index >= 15 is 0 Å². The van der Waals surface area contributed by atoms with Crippen LogP contribution in [0, 0.1) is 6.92 Å². The van der Waals surface area contributed by atoms with Gasteiger partial charge in [0, 0.05) is 44.6 Å². The van der Waals surface area contributed by atoms with Crippen LogP contribution >= 0.6 is 0 Å². The summed E-state index contributed by atoms with van der Waals surface area (Å²) in [4.78, 5) is 14.9. The fourth-order valence-corrected chi connectivity index (χ4v) is 3.56. The molecule has 2 N–H and O–H groups in total. The molecule has 0 atom stereocenters. The van der Waals surface area contributed by atoms with Gasteiger partial charge in [-0.15, -0.1) is 0 Å². The van der Waals surface area contributed by atoms with Gasteiger partial charge in [-0.25, -0.2) is 23.1 Å². The van der Waals surface area contributed by atoms with E-state index < -0.39 is 10.0 Å². The topological polar surface area (TPSA) is 109 Å². The first kappa shape index (κ1) is 18.5. The maximum Gasteiger partial charge on any atom is 0.242 e. The van der Waals surface area contributed by atoms with Crippen LogP contribution in [0.4, 0.5) is 11.6 Å². The molecule has 0 saturated carbocycles. The summed E-state index contributed by atoms with van der Waals surface area (Å²) in [7, 11) is -3.56. The molecule has 1 saturated heterocycles. The molecule has 1 aliphatic heterocycles. The van der Waals surface area contributed by atoms with Crippen molar-refractivity contribution in [3.63, 3.8) is 0 Å². The van der Waals surface area contributed by atoms with Crippen molar-refractivity contribution in [2.24, 2.45) is 0 Å². The van der Waals surface area contributed by atoms with Crippen LogP contribution in [0.5, 0.6) is 0 Å². The van der Waals surface area contributed by atoms with Gasteiger partial charge in [-0.3, -0.25) is 4.98 Å². The second kappa shape index (κ2) is 8.39. The molecule has 2 aromatic rings. The van der Waals surface area contributed by atoms with Gasteiger partial charge in [0.15, 0.2) is 0 Å². The average molecular weight is 378 g/mol. The number of nitrogens with zero attached hydrogens (tertiary/aromatic N) is 4. The number of pyridine rings is 1. The lowest BCUT2D eigenvalue weighted by Gasteiger charge is -2.28. The van der Waals surface area contributed by atoms with Crippen molar-refractivity contribution in [3.8, 4) is 0 Å². The minimum atomic E-state index is -3.56. The third kappa shape index (κ3) is 4.87. The summed E-state index contributed by atoms with van der Waals surface area (Å²) in [5, 5.41) is 3.14. The van der Waals surface area contributed by atoms with Gasteiger partial charge in [-0.2, -0.15) is 0 Å². The fraction of sp³-hybridized carbons (Fsp3) is 0.438. The summed E-state index contributed by atoms with van der Waals surface area (Å²) >= 11 is 0. The molecule has 0 aliphatic carbocycles. The number of aromatic nitrogens is 3. The Morgan fingerprint density at radius 3 is 2.77 bits per heavy atom. The van der Waals surface area contributed by atoms with Gasteiger partial charge in [0.25, 0.3) is 0 Å². The van der Waals surface area contributed by atoms with Gasteiger partial charge in [-0.05, 0) is 19.1 Å². The summed E-state index contributed by atoms with van der Waals surface area (Å²) in [6.45, 7) is 5.41. The highest BCUT2D eigenvalue weighted by molar-refractivity contribution is 7.89. The van der Waals surface area contributed by atoms with E-state index in [1.54, 1.807) is 6.07 Å². The monoisotopic (exact) mass is 378 g/mol. The van der Waals surface area contributed by atoms with Crippen molar-refractivity contribution in [2.75, 3.05) is 49.6 Å². The molecule has 1 aliphatic rings. The average Bonchev–Trinajstić information content (AvgIpc) is 2.66. The first-order valence-corrected chi connectivity index (χ1v) is 9.85. The van der Waals surface area contributed by atoms with E-state index in [0.29, 0.717) is 31.4 Å². The lowest BCUT2D eigenvalue weighted by Crippen LogP contribution is -2.37. The van der Waals surface area contributed by atoms with Crippen molar-refractivity contribution in [1.29, 1.82) is 0 Å². The molecule has 0 spiro atoms. The van der Waals surface area contributed by atoms with Gasteiger partial charge in [-0.1, -0.05) is 0 Å². The van der Waals surface area contributed by atoms with Crippen molar-refractivity contribution >= 4 is 21.7 Å². The number of aryl methyl sites for hydroxylation is 1. The van der Waals surface area contributed by atoms with E-state index in [9.17, 15) is 8.42 Å². The van der Waals surface area contributed by atoms with Crippen LogP contribution in [0.1, 0.15) is 5.82 Å². The van der Waals surface area contributed by atoms with Crippen molar-refractivity contribution < 1.29 is 13.2 Å². The van der Waals surface area contributed by atoms with Gasteiger partial charge in [0.1, 0.15) is 22.4 Å². The zero-order valence-electron chi connectivity index (χ0n) is 14.6. The summed E-state index contributed by atoms with van der Waals surface area (Å²) < 4.78 is 32.2. The number of nitrogens with one attached hydrogen (secondary N) is 2. The van der Waals surface area contributed by atoms with Crippen molar-refractivity contribution in [2.45, 2.75) is 11.8 Å². The van der Waals surface area contributed by atoms with Crippen LogP contribution in [0.3, 0.4) is 0 Å². The molecular weight excluding hydrogens is 356 g/mol. The number of ether oxygens (including phenoxy) is 1. The van der Waals surface area contributed by atoms with Gasteiger partial charge >= 0.3 is 0 Å². The summed E-state index contributed by atoms with van der Waals surface area (Å²) in [6.07, 6.45) is 2.85. The van der Waals surface area contributed by atoms with E-state index in [2.05, 4.69) is 29.9 Å². The summed E-state index contributed by atoms with van der Waals surface area (Å²) in [6, 6.07) is 4.96. The third-order valence-corrected chi connectivity index (χ3v) is 5.27. The Morgan fingerprint density at radius 1 is 1.23 bits per heavy atom. The SMILES string of the molecule is Cc1nc(NCCNS(=O)(=O)c2cccnc2)cc(N2CCOCC2)n1. The summed E-state index contributed by atoms with van der Waals surface area (Å²) in [5.74, 6) is 2.17. The Kier molecular flexibility index (Phi) is 5.96. The highest BCUT2D eigenvalue weighted by Gasteiger charge is 2.15. The molecule has 3 heterocycles. The molecule has 9 nitrogen and oxygen atoms in total. The molecule has 2 aromatic heterocycles.